The van der Waals surface area contributed by atoms with E-state index < -0.39 is 0 Å². The van der Waals surface area contributed by atoms with Crippen LogP contribution in [-0.2, 0) is 13.1 Å². The van der Waals surface area contributed by atoms with Crippen LogP contribution < -0.4 is 10.9 Å². The van der Waals surface area contributed by atoms with Gasteiger partial charge in [0.15, 0.2) is 10.9 Å². The summed E-state index contributed by atoms with van der Waals surface area (Å²) in [5.74, 6) is 0. The highest BCUT2D eigenvalue weighted by Gasteiger charge is 2.19. The molecule has 0 unspecified atom stereocenters. The molecule has 3 aromatic carbocycles. The fourth-order valence-corrected chi connectivity index (χ4v) is 5.42. The Balaban J connectivity index is 2.15. The van der Waals surface area contributed by atoms with Crippen molar-refractivity contribution < 1.29 is 0 Å². The third-order valence-electron chi connectivity index (χ3n) is 6.99. The highest BCUT2D eigenvalue weighted by Crippen LogP contribution is 2.30. The minimum absolute atomic E-state index is 0.0407. The van der Waals surface area contributed by atoms with Crippen molar-refractivity contribution in [2.75, 3.05) is 0 Å². The first kappa shape index (κ1) is 20.5. The second-order valence-electron chi connectivity index (χ2n) is 8.88. The van der Waals surface area contributed by atoms with Crippen molar-refractivity contribution in [2.24, 2.45) is 0 Å². The number of rotatable bonds is 2. The molecule has 4 nitrogen and oxygen atoms in total. The summed E-state index contributed by atoms with van der Waals surface area (Å²) in [6, 6.07) is 12.1. The van der Waals surface area contributed by atoms with Crippen molar-refractivity contribution >= 4 is 43.6 Å². The van der Waals surface area contributed by atoms with E-state index in [2.05, 4.69) is 35.1 Å². The summed E-state index contributed by atoms with van der Waals surface area (Å²) in [5.41, 5.74) is 7.78. The van der Waals surface area contributed by atoms with Gasteiger partial charge in [0.1, 0.15) is 0 Å². The topological polar surface area (TPSA) is 44.0 Å². The number of nitrogens with zero attached hydrogens (tertiary/aromatic N) is 2. The largest absolute Gasteiger partial charge is 0.340 e. The molecule has 32 heavy (non-hydrogen) atoms. The molecule has 0 spiro atoms. The zero-order valence-electron chi connectivity index (χ0n) is 19.6. The van der Waals surface area contributed by atoms with E-state index in [-0.39, 0.29) is 10.9 Å². The molecule has 0 fully saturated rings. The second-order valence-corrected chi connectivity index (χ2v) is 8.88. The number of hydrogen-bond donors (Lipinski definition) is 0. The number of aryl methyl sites for hydroxylation is 6. The molecule has 162 valence electrons. The zero-order valence-corrected chi connectivity index (χ0v) is 19.6. The van der Waals surface area contributed by atoms with Crippen molar-refractivity contribution in [1.82, 2.24) is 9.13 Å². The molecule has 2 aromatic heterocycles. The van der Waals surface area contributed by atoms with Gasteiger partial charge in [0.2, 0.25) is 0 Å². The maximum Gasteiger partial charge on any atom is 0.197 e. The van der Waals surface area contributed by atoms with Gasteiger partial charge in [0.25, 0.3) is 0 Å². The summed E-state index contributed by atoms with van der Waals surface area (Å²) in [6.45, 7) is 13.7. The van der Waals surface area contributed by atoms with Crippen LogP contribution in [0.25, 0.3) is 43.6 Å². The van der Waals surface area contributed by atoms with Gasteiger partial charge in [-0.2, -0.15) is 0 Å². The molecular formula is C28H28N2O2. The standard InChI is InChI=1S/C28H28N2O2/c1-7-29-21-13-20-22(14-19(21)27(31)23-15(3)9-11-17(5)25(23)29)30(8-2)26-18(6)12-10-16(4)24(26)28(20)32/h9-14H,7-8H2,1-6H3. The molecule has 0 bridgehead atoms. The Hall–Kier alpha value is -3.40. The van der Waals surface area contributed by atoms with Gasteiger partial charge in [-0.1, -0.05) is 24.3 Å². The van der Waals surface area contributed by atoms with Crippen LogP contribution in [-0.4, -0.2) is 9.13 Å². The van der Waals surface area contributed by atoms with Crippen LogP contribution in [0.15, 0.2) is 46.0 Å². The highest BCUT2D eigenvalue weighted by molar-refractivity contribution is 6.05. The third kappa shape index (κ3) is 2.56. The average molecular weight is 425 g/mol. The summed E-state index contributed by atoms with van der Waals surface area (Å²) >= 11 is 0. The molecule has 5 rings (SSSR count). The maximum atomic E-state index is 13.7. The predicted octanol–water partition coefficient (Wildman–Crippen LogP) is 5.90. The lowest BCUT2D eigenvalue weighted by molar-refractivity contribution is 0.814. The first-order valence-corrected chi connectivity index (χ1v) is 11.3. The zero-order chi connectivity index (χ0) is 22.9. The van der Waals surface area contributed by atoms with Crippen LogP contribution in [0.1, 0.15) is 36.1 Å². The SMILES string of the molecule is CCn1c2cc3c(=O)c4c(C)ccc(C)c4n(CC)c3cc2c(=O)c2c(C)ccc(C)c21. The molecule has 2 heterocycles. The maximum absolute atomic E-state index is 13.7. The van der Waals surface area contributed by atoms with E-state index in [1.165, 1.54) is 0 Å². The summed E-state index contributed by atoms with van der Waals surface area (Å²) < 4.78 is 4.38. The fourth-order valence-electron chi connectivity index (χ4n) is 5.42. The molecule has 0 aliphatic rings. The van der Waals surface area contributed by atoms with Gasteiger partial charge in [0.05, 0.1) is 22.1 Å². The molecule has 0 aliphatic heterocycles. The Labute approximate surface area is 186 Å². The first-order valence-electron chi connectivity index (χ1n) is 11.3. The molecule has 0 aliphatic carbocycles. The molecule has 5 aromatic rings. The Morgan fingerprint density at radius 3 is 1.28 bits per heavy atom. The van der Waals surface area contributed by atoms with E-state index >= 15 is 0 Å². The van der Waals surface area contributed by atoms with Gasteiger partial charge in [-0.25, -0.2) is 0 Å². The lowest BCUT2D eigenvalue weighted by atomic mass is 9.98. The average Bonchev–Trinajstić information content (AvgIpc) is 2.78. The quantitative estimate of drug-likeness (QED) is 0.331. The molecule has 0 saturated carbocycles. The first-order chi connectivity index (χ1) is 15.3. The van der Waals surface area contributed by atoms with Crippen LogP contribution in [0, 0.1) is 27.7 Å². The van der Waals surface area contributed by atoms with Crippen LogP contribution in [0.2, 0.25) is 0 Å². The van der Waals surface area contributed by atoms with Gasteiger partial charge in [-0.3, -0.25) is 9.59 Å². The number of hydrogen-bond acceptors (Lipinski definition) is 2. The van der Waals surface area contributed by atoms with E-state index in [1.807, 2.05) is 52.0 Å². The van der Waals surface area contributed by atoms with Crippen molar-refractivity contribution in [1.29, 1.82) is 0 Å². The van der Waals surface area contributed by atoms with Crippen LogP contribution >= 0.6 is 0 Å². The van der Waals surface area contributed by atoms with Gasteiger partial charge in [0, 0.05) is 34.6 Å². The van der Waals surface area contributed by atoms with Crippen molar-refractivity contribution in [3.05, 3.63) is 79.1 Å². The lowest BCUT2D eigenvalue weighted by Crippen LogP contribution is -2.17. The predicted molar refractivity (Wildman–Crippen MR) is 135 cm³/mol. The number of fused-ring (bicyclic) bond motifs is 4. The Morgan fingerprint density at radius 2 is 0.938 bits per heavy atom. The Kier molecular flexibility index (Phi) is 4.52. The third-order valence-corrected chi connectivity index (χ3v) is 6.99. The number of pyridine rings is 2. The summed E-state index contributed by atoms with van der Waals surface area (Å²) in [4.78, 5) is 27.5. The number of aromatic nitrogens is 2. The summed E-state index contributed by atoms with van der Waals surface area (Å²) in [5, 5.41) is 2.90. The molecule has 4 heteroatoms. The van der Waals surface area contributed by atoms with Crippen LogP contribution in [0.3, 0.4) is 0 Å². The monoisotopic (exact) mass is 424 g/mol. The Bertz CT molecular complexity index is 1590. The Morgan fingerprint density at radius 1 is 0.594 bits per heavy atom. The molecular weight excluding hydrogens is 396 g/mol. The van der Waals surface area contributed by atoms with Gasteiger partial charge >= 0.3 is 0 Å². The van der Waals surface area contributed by atoms with Crippen molar-refractivity contribution in [3.63, 3.8) is 0 Å². The molecule has 0 atom stereocenters. The van der Waals surface area contributed by atoms with Crippen molar-refractivity contribution in [3.8, 4) is 0 Å². The van der Waals surface area contributed by atoms with Crippen LogP contribution in [0.5, 0.6) is 0 Å². The molecule has 0 saturated heterocycles. The van der Waals surface area contributed by atoms with E-state index in [0.717, 1.165) is 68.2 Å². The molecule has 0 amide bonds. The highest BCUT2D eigenvalue weighted by atomic mass is 16.1. The van der Waals surface area contributed by atoms with Gasteiger partial charge in [-0.05, 0) is 75.9 Å². The van der Waals surface area contributed by atoms with Crippen molar-refractivity contribution in [2.45, 2.75) is 54.6 Å². The second kappa shape index (κ2) is 7.06. The minimum Gasteiger partial charge on any atom is -0.340 e. The molecule has 0 radical (unpaired) electrons. The smallest absolute Gasteiger partial charge is 0.197 e. The minimum atomic E-state index is 0.0407. The van der Waals surface area contributed by atoms with Crippen LogP contribution in [0.4, 0.5) is 0 Å². The number of benzene rings is 3. The summed E-state index contributed by atoms with van der Waals surface area (Å²) in [6.07, 6.45) is 0. The van der Waals surface area contributed by atoms with E-state index in [4.69, 9.17) is 0 Å². The van der Waals surface area contributed by atoms with Gasteiger partial charge < -0.3 is 9.13 Å². The van der Waals surface area contributed by atoms with E-state index in [9.17, 15) is 9.59 Å². The summed E-state index contributed by atoms with van der Waals surface area (Å²) in [7, 11) is 0. The van der Waals surface area contributed by atoms with Gasteiger partial charge in [-0.15, -0.1) is 0 Å². The lowest BCUT2D eigenvalue weighted by Gasteiger charge is -2.20. The van der Waals surface area contributed by atoms with E-state index in [1.54, 1.807) is 0 Å². The molecule has 0 N–H and O–H groups in total. The fraction of sp³-hybridized carbons (Fsp3) is 0.286. The van der Waals surface area contributed by atoms with E-state index in [0.29, 0.717) is 10.8 Å². The normalized spacial score (nSPS) is 11.9.